The van der Waals surface area contributed by atoms with Crippen LogP contribution >= 0.6 is 0 Å². The molecule has 5 heteroatoms. The lowest BCUT2D eigenvalue weighted by Crippen LogP contribution is -2.02. The van der Waals surface area contributed by atoms with E-state index in [1.165, 1.54) is 6.07 Å². The largest absolute Gasteiger partial charge is 0.478 e. The van der Waals surface area contributed by atoms with Gasteiger partial charge >= 0.3 is 5.97 Å². The first-order valence-electron chi connectivity index (χ1n) is 5.58. The average Bonchev–Trinajstić information content (AvgIpc) is 2.41. The fourth-order valence-electron chi connectivity index (χ4n) is 1.66. The molecule has 0 saturated carbocycles. The number of anilines is 2. The molecule has 1 heterocycles. The molecule has 0 atom stereocenters. The van der Waals surface area contributed by atoms with Crippen molar-refractivity contribution < 1.29 is 9.90 Å². The van der Waals surface area contributed by atoms with E-state index >= 15 is 0 Å². The number of rotatable bonds is 3. The van der Waals surface area contributed by atoms with E-state index in [-0.39, 0.29) is 5.56 Å². The van der Waals surface area contributed by atoms with Crippen molar-refractivity contribution in [1.29, 1.82) is 5.26 Å². The van der Waals surface area contributed by atoms with Crippen molar-refractivity contribution in [3.05, 3.63) is 53.2 Å². The molecule has 2 N–H and O–H groups in total. The van der Waals surface area contributed by atoms with E-state index in [1.54, 1.807) is 37.4 Å². The normalized spacial score (nSPS) is 9.68. The molecule has 1 aromatic heterocycles. The lowest BCUT2D eigenvalue weighted by molar-refractivity contribution is 0.0696. The molecule has 1 aromatic carbocycles. The summed E-state index contributed by atoms with van der Waals surface area (Å²) < 4.78 is 0. The Kier molecular flexibility index (Phi) is 3.44. The Balaban J connectivity index is 2.37. The van der Waals surface area contributed by atoms with Crippen LogP contribution in [0.2, 0.25) is 0 Å². The average molecular weight is 253 g/mol. The van der Waals surface area contributed by atoms with Gasteiger partial charge in [0.15, 0.2) is 0 Å². The summed E-state index contributed by atoms with van der Waals surface area (Å²) in [5.74, 6) is -0.576. The number of hydrogen-bond donors (Lipinski definition) is 2. The van der Waals surface area contributed by atoms with E-state index in [9.17, 15) is 4.79 Å². The van der Waals surface area contributed by atoms with Gasteiger partial charge in [-0.15, -0.1) is 0 Å². The maximum absolute atomic E-state index is 11.1. The number of carbonyl (C=O) groups is 1. The second-order valence-corrected chi connectivity index (χ2v) is 3.97. The Morgan fingerprint density at radius 2 is 2.21 bits per heavy atom. The van der Waals surface area contributed by atoms with Gasteiger partial charge in [-0.1, -0.05) is 6.07 Å². The minimum atomic E-state index is -0.984. The number of aromatic nitrogens is 1. The molecule has 0 amide bonds. The van der Waals surface area contributed by atoms with Gasteiger partial charge in [0.2, 0.25) is 0 Å². The second-order valence-electron chi connectivity index (χ2n) is 3.97. The highest BCUT2D eigenvalue weighted by Crippen LogP contribution is 2.20. The maximum Gasteiger partial charge on any atom is 0.336 e. The van der Waals surface area contributed by atoms with Crippen LogP contribution in [0, 0.1) is 18.3 Å². The molecule has 0 radical (unpaired) electrons. The summed E-state index contributed by atoms with van der Waals surface area (Å²) in [6.45, 7) is 1.73. The number of carboxylic acids is 1. The van der Waals surface area contributed by atoms with E-state index in [1.807, 2.05) is 6.07 Å². The number of benzene rings is 1. The zero-order chi connectivity index (χ0) is 13.8. The molecular formula is C14H11N3O2. The summed E-state index contributed by atoms with van der Waals surface area (Å²) in [4.78, 5) is 15.1. The zero-order valence-electron chi connectivity index (χ0n) is 10.2. The van der Waals surface area contributed by atoms with Crippen molar-refractivity contribution in [2.45, 2.75) is 6.92 Å². The minimum absolute atomic E-state index is 0.222. The third kappa shape index (κ3) is 2.69. The Hall–Kier alpha value is -2.87. The van der Waals surface area contributed by atoms with Crippen LogP contribution in [0.5, 0.6) is 0 Å². The molecule has 5 nitrogen and oxygen atoms in total. The first-order chi connectivity index (χ1) is 9.11. The molecule has 0 aliphatic carbocycles. The van der Waals surface area contributed by atoms with Gasteiger partial charge in [-0.3, -0.25) is 0 Å². The molecule has 0 fully saturated rings. The lowest BCUT2D eigenvalue weighted by atomic mass is 10.1. The van der Waals surface area contributed by atoms with Crippen LogP contribution in [0.25, 0.3) is 0 Å². The standard InChI is InChI=1S/C14H11N3O2/c1-9-4-5-11(7-12(9)14(18)19)17-13-10(8-15)3-2-6-16-13/h2-7H,1H3,(H,16,17)(H,18,19). The molecule has 2 aromatic rings. The van der Waals surface area contributed by atoms with Crippen molar-refractivity contribution in [3.8, 4) is 6.07 Å². The van der Waals surface area contributed by atoms with Gasteiger partial charge in [-0.25, -0.2) is 9.78 Å². The van der Waals surface area contributed by atoms with Gasteiger partial charge in [0.1, 0.15) is 11.9 Å². The second kappa shape index (κ2) is 5.19. The van der Waals surface area contributed by atoms with Crippen LogP contribution in [0.4, 0.5) is 11.5 Å². The molecule has 0 saturated heterocycles. The van der Waals surface area contributed by atoms with Crippen molar-refractivity contribution in [2.75, 3.05) is 5.32 Å². The highest BCUT2D eigenvalue weighted by atomic mass is 16.4. The summed E-state index contributed by atoms with van der Waals surface area (Å²) >= 11 is 0. The smallest absolute Gasteiger partial charge is 0.336 e. The molecule has 0 bridgehead atoms. The molecule has 0 unspecified atom stereocenters. The number of nitrogens with zero attached hydrogens (tertiary/aromatic N) is 2. The van der Waals surface area contributed by atoms with Gasteiger partial charge in [-0.05, 0) is 36.8 Å². The van der Waals surface area contributed by atoms with Crippen LogP contribution in [-0.4, -0.2) is 16.1 Å². The molecule has 0 spiro atoms. The molecule has 0 aliphatic heterocycles. The minimum Gasteiger partial charge on any atom is -0.478 e. The maximum atomic E-state index is 11.1. The quantitative estimate of drug-likeness (QED) is 0.878. The van der Waals surface area contributed by atoms with Gasteiger partial charge in [0.25, 0.3) is 0 Å². The van der Waals surface area contributed by atoms with Crippen molar-refractivity contribution in [3.63, 3.8) is 0 Å². The van der Waals surface area contributed by atoms with E-state index in [0.29, 0.717) is 22.6 Å². The van der Waals surface area contributed by atoms with E-state index in [2.05, 4.69) is 10.3 Å². The topological polar surface area (TPSA) is 86.0 Å². The first-order valence-corrected chi connectivity index (χ1v) is 5.58. The summed E-state index contributed by atoms with van der Waals surface area (Å²) in [6, 6.07) is 10.3. The van der Waals surface area contributed by atoms with Crippen LogP contribution in [0.15, 0.2) is 36.5 Å². The van der Waals surface area contributed by atoms with Gasteiger partial charge in [-0.2, -0.15) is 5.26 Å². The Bertz CT molecular complexity index is 675. The Morgan fingerprint density at radius 1 is 1.42 bits per heavy atom. The van der Waals surface area contributed by atoms with Crippen LogP contribution < -0.4 is 5.32 Å². The lowest BCUT2D eigenvalue weighted by Gasteiger charge is -2.09. The molecular weight excluding hydrogens is 242 g/mol. The third-order valence-corrected chi connectivity index (χ3v) is 2.66. The predicted octanol–water partition coefficient (Wildman–Crippen LogP) is 2.70. The first kappa shape index (κ1) is 12.6. The number of hydrogen-bond acceptors (Lipinski definition) is 4. The molecule has 0 aliphatic rings. The molecule has 94 valence electrons. The summed E-state index contributed by atoms with van der Waals surface area (Å²) in [6.07, 6.45) is 1.56. The van der Waals surface area contributed by atoms with Gasteiger partial charge in [0.05, 0.1) is 11.1 Å². The van der Waals surface area contributed by atoms with E-state index in [0.717, 1.165) is 0 Å². The Labute approximate surface area is 110 Å². The van der Waals surface area contributed by atoms with Crippen molar-refractivity contribution in [2.24, 2.45) is 0 Å². The van der Waals surface area contributed by atoms with E-state index in [4.69, 9.17) is 10.4 Å². The number of nitrogens with one attached hydrogen (secondary N) is 1. The third-order valence-electron chi connectivity index (χ3n) is 2.66. The number of aromatic carboxylic acids is 1. The van der Waals surface area contributed by atoms with Crippen LogP contribution in [-0.2, 0) is 0 Å². The number of pyridine rings is 1. The highest BCUT2D eigenvalue weighted by molar-refractivity contribution is 5.90. The predicted molar refractivity (Wildman–Crippen MR) is 70.4 cm³/mol. The van der Waals surface area contributed by atoms with Crippen molar-refractivity contribution in [1.82, 2.24) is 4.98 Å². The number of carboxylic acid groups (broad SMARTS) is 1. The monoisotopic (exact) mass is 253 g/mol. The van der Waals surface area contributed by atoms with Crippen LogP contribution in [0.1, 0.15) is 21.5 Å². The van der Waals surface area contributed by atoms with Gasteiger partial charge < -0.3 is 10.4 Å². The Morgan fingerprint density at radius 3 is 2.89 bits per heavy atom. The fraction of sp³-hybridized carbons (Fsp3) is 0.0714. The van der Waals surface area contributed by atoms with Gasteiger partial charge in [0, 0.05) is 11.9 Å². The van der Waals surface area contributed by atoms with E-state index < -0.39 is 5.97 Å². The molecule has 19 heavy (non-hydrogen) atoms. The highest BCUT2D eigenvalue weighted by Gasteiger charge is 2.09. The SMILES string of the molecule is Cc1ccc(Nc2ncccc2C#N)cc1C(=O)O. The van der Waals surface area contributed by atoms with Crippen LogP contribution in [0.3, 0.4) is 0 Å². The van der Waals surface area contributed by atoms with Crippen molar-refractivity contribution >= 4 is 17.5 Å². The summed E-state index contributed by atoms with van der Waals surface area (Å²) in [7, 11) is 0. The summed E-state index contributed by atoms with van der Waals surface area (Å²) in [5, 5.41) is 21.0. The molecule has 2 rings (SSSR count). The number of aryl methyl sites for hydroxylation is 1. The summed E-state index contributed by atoms with van der Waals surface area (Å²) in [5.41, 5.74) is 1.89. The zero-order valence-corrected chi connectivity index (χ0v) is 10.2. The fourth-order valence-corrected chi connectivity index (χ4v) is 1.66. The number of nitriles is 1.